The minimum atomic E-state index is -0.320. The second-order valence-corrected chi connectivity index (χ2v) is 5.21. The molecule has 0 aliphatic rings. The van der Waals surface area contributed by atoms with Crippen LogP contribution in [0.25, 0.3) is 0 Å². The molecule has 114 valence electrons. The monoisotopic (exact) mass is 286 g/mol. The zero-order valence-electron chi connectivity index (χ0n) is 12.8. The van der Waals surface area contributed by atoms with Crippen molar-refractivity contribution in [2.45, 2.75) is 51.0 Å². The first-order valence-corrected chi connectivity index (χ1v) is 7.74. The number of benzene rings is 1. The van der Waals surface area contributed by atoms with Gasteiger partial charge in [-0.1, -0.05) is 49.4 Å². The molecule has 1 rings (SSSR count). The van der Waals surface area contributed by atoms with E-state index in [9.17, 15) is 4.79 Å². The Labute approximate surface area is 128 Å². The zero-order chi connectivity index (χ0) is 15.3. The molecule has 0 bridgehead atoms. The predicted octanol–water partition coefficient (Wildman–Crippen LogP) is 4.85. The molecular formula is C19H26O2. The van der Waals surface area contributed by atoms with Crippen molar-refractivity contribution in [3.8, 4) is 0 Å². The van der Waals surface area contributed by atoms with Crippen LogP contribution in [0.3, 0.4) is 0 Å². The zero-order valence-corrected chi connectivity index (χ0v) is 12.8. The molecule has 0 aliphatic heterocycles. The fourth-order valence-corrected chi connectivity index (χ4v) is 2.28. The van der Waals surface area contributed by atoms with E-state index in [0.717, 1.165) is 44.9 Å². The predicted molar refractivity (Wildman–Crippen MR) is 88.1 cm³/mol. The average molecular weight is 286 g/mol. The van der Waals surface area contributed by atoms with Gasteiger partial charge >= 0.3 is 5.97 Å². The molecule has 0 spiro atoms. The summed E-state index contributed by atoms with van der Waals surface area (Å²) in [5, 5.41) is 0. The molecule has 0 aliphatic carbocycles. The van der Waals surface area contributed by atoms with Crippen LogP contribution in [0.15, 0.2) is 55.6 Å². The van der Waals surface area contributed by atoms with Gasteiger partial charge in [-0.15, -0.1) is 6.58 Å². The highest BCUT2D eigenvalue weighted by atomic mass is 16.5. The molecule has 0 aromatic heterocycles. The second-order valence-electron chi connectivity index (χ2n) is 5.21. The first-order chi connectivity index (χ1) is 10.3. The number of ether oxygens (including phenoxy) is 1. The van der Waals surface area contributed by atoms with Gasteiger partial charge in [-0.25, -0.2) is 4.79 Å². The smallest absolute Gasteiger partial charge is 0.330 e. The largest absolute Gasteiger partial charge is 0.459 e. The maximum atomic E-state index is 11.4. The highest BCUT2D eigenvalue weighted by Gasteiger charge is 2.12. The van der Waals surface area contributed by atoms with Gasteiger partial charge in [0.2, 0.25) is 0 Å². The highest BCUT2D eigenvalue weighted by Crippen LogP contribution is 2.15. The summed E-state index contributed by atoms with van der Waals surface area (Å²) in [7, 11) is 0. The Hall–Kier alpha value is -1.83. The molecule has 2 heteroatoms. The van der Waals surface area contributed by atoms with E-state index in [4.69, 9.17) is 4.74 Å². The molecule has 21 heavy (non-hydrogen) atoms. The lowest BCUT2D eigenvalue weighted by atomic mass is 10.0. The maximum Gasteiger partial charge on any atom is 0.330 e. The van der Waals surface area contributed by atoms with E-state index in [1.54, 1.807) is 0 Å². The SMILES string of the molecule is C=CCCCCCC(CCc1ccccc1)OC(=O)C=C. The van der Waals surface area contributed by atoms with Crippen LogP contribution in [0.5, 0.6) is 0 Å². The number of hydrogen-bond donors (Lipinski definition) is 0. The fourth-order valence-electron chi connectivity index (χ4n) is 2.28. The van der Waals surface area contributed by atoms with Gasteiger partial charge < -0.3 is 4.74 Å². The maximum absolute atomic E-state index is 11.4. The normalized spacial score (nSPS) is 11.6. The van der Waals surface area contributed by atoms with Crippen molar-refractivity contribution in [3.05, 3.63) is 61.2 Å². The summed E-state index contributed by atoms with van der Waals surface area (Å²) in [6, 6.07) is 10.3. The Morgan fingerprint density at radius 3 is 2.52 bits per heavy atom. The van der Waals surface area contributed by atoms with Crippen molar-refractivity contribution in [3.63, 3.8) is 0 Å². The number of esters is 1. The van der Waals surface area contributed by atoms with E-state index < -0.39 is 0 Å². The van der Waals surface area contributed by atoms with Crippen LogP contribution < -0.4 is 0 Å². The van der Waals surface area contributed by atoms with Crippen molar-refractivity contribution >= 4 is 5.97 Å². The van der Waals surface area contributed by atoms with Gasteiger partial charge in [0.05, 0.1) is 0 Å². The number of unbranched alkanes of at least 4 members (excludes halogenated alkanes) is 3. The molecule has 1 aromatic carbocycles. The molecule has 1 unspecified atom stereocenters. The topological polar surface area (TPSA) is 26.3 Å². The van der Waals surface area contributed by atoms with Crippen molar-refractivity contribution < 1.29 is 9.53 Å². The van der Waals surface area contributed by atoms with Crippen LogP contribution in [-0.4, -0.2) is 12.1 Å². The molecule has 0 fully saturated rings. The molecule has 1 aromatic rings. The van der Waals surface area contributed by atoms with Crippen molar-refractivity contribution in [2.24, 2.45) is 0 Å². The van der Waals surface area contributed by atoms with E-state index in [0.29, 0.717) is 0 Å². The summed E-state index contributed by atoms with van der Waals surface area (Å²) in [6.07, 6.45) is 10.3. The van der Waals surface area contributed by atoms with Crippen LogP contribution in [0.4, 0.5) is 0 Å². The van der Waals surface area contributed by atoms with Gasteiger partial charge in [0, 0.05) is 6.08 Å². The summed E-state index contributed by atoms with van der Waals surface area (Å²) < 4.78 is 5.45. The Kier molecular flexibility index (Phi) is 8.94. The number of rotatable bonds is 11. The van der Waals surface area contributed by atoms with Crippen molar-refractivity contribution in [1.82, 2.24) is 0 Å². The number of carbonyl (C=O) groups excluding carboxylic acids is 1. The average Bonchev–Trinajstić information content (AvgIpc) is 2.53. The third-order valence-corrected chi connectivity index (χ3v) is 3.48. The first-order valence-electron chi connectivity index (χ1n) is 7.74. The minimum Gasteiger partial charge on any atom is -0.459 e. The van der Waals surface area contributed by atoms with E-state index in [1.165, 1.54) is 11.6 Å². The number of aryl methyl sites for hydroxylation is 1. The standard InChI is InChI=1S/C19H26O2/c1-3-5-6-7-11-14-18(21-19(20)4-2)16-15-17-12-9-8-10-13-17/h3-4,8-10,12-13,18H,1-2,5-7,11,14-16H2. The number of allylic oxidation sites excluding steroid dienone is 1. The van der Waals surface area contributed by atoms with Crippen LogP contribution in [0.2, 0.25) is 0 Å². The van der Waals surface area contributed by atoms with Crippen LogP contribution >= 0.6 is 0 Å². The molecule has 0 saturated carbocycles. The second kappa shape index (κ2) is 10.9. The number of hydrogen-bond acceptors (Lipinski definition) is 2. The molecule has 0 radical (unpaired) electrons. The van der Waals surface area contributed by atoms with Crippen LogP contribution in [-0.2, 0) is 16.0 Å². The summed E-state index contributed by atoms with van der Waals surface area (Å²) >= 11 is 0. The lowest BCUT2D eigenvalue weighted by Crippen LogP contribution is -2.17. The van der Waals surface area contributed by atoms with Crippen molar-refractivity contribution in [2.75, 3.05) is 0 Å². The van der Waals surface area contributed by atoms with Gasteiger partial charge in [0.15, 0.2) is 0 Å². The Morgan fingerprint density at radius 1 is 1.10 bits per heavy atom. The quantitative estimate of drug-likeness (QED) is 0.251. The third-order valence-electron chi connectivity index (χ3n) is 3.48. The molecule has 0 heterocycles. The van der Waals surface area contributed by atoms with Gasteiger partial charge in [0.25, 0.3) is 0 Å². The molecular weight excluding hydrogens is 260 g/mol. The van der Waals surface area contributed by atoms with Gasteiger partial charge in [0.1, 0.15) is 6.10 Å². The molecule has 0 N–H and O–H groups in total. The van der Waals surface area contributed by atoms with Gasteiger partial charge in [-0.2, -0.15) is 0 Å². The van der Waals surface area contributed by atoms with Crippen LogP contribution in [0.1, 0.15) is 44.1 Å². The lowest BCUT2D eigenvalue weighted by Gasteiger charge is -2.17. The summed E-state index contributed by atoms with van der Waals surface area (Å²) in [6.45, 7) is 7.19. The fraction of sp³-hybridized carbons (Fsp3) is 0.421. The highest BCUT2D eigenvalue weighted by molar-refractivity contribution is 5.81. The Morgan fingerprint density at radius 2 is 1.86 bits per heavy atom. The minimum absolute atomic E-state index is 0.0144. The lowest BCUT2D eigenvalue weighted by molar-refractivity contribution is -0.143. The van der Waals surface area contributed by atoms with Crippen LogP contribution in [0, 0.1) is 0 Å². The van der Waals surface area contributed by atoms with E-state index in [2.05, 4.69) is 25.3 Å². The molecule has 0 amide bonds. The Balaban J connectivity index is 2.38. The molecule has 2 nitrogen and oxygen atoms in total. The van der Waals surface area contributed by atoms with E-state index in [-0.39, 0.29) is 12.1 Å². The van der Waals surface area contributed by atoms with Gasteiger partial charge in [-0.05, 0) is 44.1 Å². The third kappa shape index (κ3) is 8.13. The van der Waals surface area contributed by atoms with E-state index in [1.807, 2.05) is 24.3 Å². The first kappa shape index (κ1) is 17.2. The summed E-state index contributed by atoms with van der Waals surface area (Å²) in [5.41, 5.74) is 1.28. The molecule has 0 saturated heterocycles. The summed E-state index contributed by atoms with van der Waals surface area (Å²) in [4.78, 5) is 11.4. The van der Waals surface area contributed by atoms with Gasteiger partial charge in [-0.3, -0.25) is 0 Å². The Bertz CT molecular complexity index is 422. The molecule has 1 atom stereocenters. The summed E-state index contributed by atoms with van der Waals surface area (Å²) in [5.74, 6) is -0.320. The van der Waals surface area contributed by atoms with E-state index >= 15 is 0 Å². The van der Waals surface area contributed by atoms with Crippen molar-refractivity contribution in [1.29, 1.82) is 0 Å². The number of carbonyl (C=O) groups is 1.